The fourth-order valence-electron chi connectivity index (χ4n) is 2.78. The zero-order valence-corrected chi connectivity index (χ0v) is 17.7. The second kappa shape index (κ2) is 8.87. The molecule has 29 heavy (non-hydrogen) atoms. The maximum absolute atomic E-state index is 12.6. The summed E-state index contributed by atoms with van der Waals surface area (Å²) >= 11 is 1.14. The van der Waals surface area contributed by atoms with Gasteiger partial charge in [-0.3, -0.25) is 10.1 Å². The molecule has 0 radical (unpaired) electrons. The lowest BCUT2D eigenvalue weighted by Crippen LogP contribution is -2.19. The third kappa shape index (κ3) is 5.42. The molecule has 0 saturated heterocycles. The highest BCUT2D eigenvalue weighted by molar-refractivity contribution is 7.17. The van der Waals surface area contributed by atoms with Gasteiger partial charge in [0.15, 0.2) is 5.13 Å². The molecule has 0 saturated carbocycles. The normalized spacial score (nSPS) is 10.7. The van der Waals surface area contributed by atoms with Gasteiger partial charge in [-0.2, -0.15) is 0 Å². The van der Waals surface area contributed by atoms with Gasteiger partial charge >= 0.3 is 6.03 Å². The Morgan fingerprint density at radius 2 is 1.66 bits per heavy atom. The minimum absolute atomic E-state index is 0.246. The van der Waals surface area contributed by atoms with Gasteiger partial charge in [-0.05, 0) is 55.2 Å². The number of aromatic nitrogens is 1. The summed E-state index contributed by atoms with van der Waals surface area (Å²) in [5.41, 5.74) is 4.24. The van der Waals surface area contributed by atoms with E-state index in [1.54, 1.807) is 6.92 Å². The van der Waals surface area contributed by atoms with Gasteiger partial charge in [-0.25, -0.2) is 9.78 Å². The summed E-state index contributed by atoms with van der Waals surface area (Å²) in [5.74, 6) is 0.188. The third-order valence-electron chi connectivity index (χ3n) is 4.33. The molecule has 0 aliphatic carbocycles. The van der Waals surface area contributed by atoms with Crippen LogP contribution in [0.5, 0.6) is 0 Å². The Morgan fingerprint density at radius 3 is 2.31 bits per heavy atom. The summed E-state index contributed by atoms with van der Waals surface area (Å²) in [4.78, 5) is 29.6. The lowest BCUT2D eigenvalue weighted by molar-refractivity contribution is 0.103. The van der Waals surface area contributed by atoms with Gasteiger partial charge in [0.2, 0.25) is 0 Å². The molecule has 3 aromatic rings. The van der Waals surface area contributed by atoms with Crippen molar-refractivity contribution in [2.75, 3.05) is 16.0 Å². The topological polar surface area (TPSA) is 83.1 Å². The lowest BCUT2D eigenvalue weighted by Gasteiger charge is -2.08. The van der Waals surface area contributed by atoms with Crippen LogP contribution in [-0.4, -0.2) is 16.9 Å². The Hall–Kier alpha value is -3.19. The predicted octanol–water partition coefficient (Wildman–Crippen LogP) is 5.78. The van der Waals surface area contributed by atoms with Crippen molar-refractivity contribution in [1.82, 2.24) is 4.98 Å². The molecule has 0 bridgehead atoms. The second-order valence-electron chi connectivity index (χ2n) is 7.11. The molecule has 0 spiro atoms. The fraction of sp³-hybridized carbons (Fsp3) is 0.227. The van der Waals surface area contributed by atoms with Crippen molar-refractivity contribution in [2.24, 2.45) is 0 Å². The molecule has 3 rings (SSSR count). The van der Waals surface area contributed by atoms with Crippen LogP contribution >= 0.6 is 11.3 Å². The smallest absolute Gasteiger partial charge is 0.321 e. The highest BCUT2D eigenvalue weighted by atomic mass is 32.1. The first-order chi connectivity index (χ1) is 13.8. The molecule has 0 aliphatic rings. The minimum atomic E-state index is -0.402. The molecule has 1 aromatic heterocycles. The van der Waals surface area contributed by atoms with Gasteiger partial charge in [0.25, 0.3) is 5.91 Å². The number of urea groups is 1. The van der Waals surface area contributed by atoms with Gasteiger partial charge in [-0.15, -0.1) is 0 Å². The van der Waals surface area contributed by atoms with Gasteiger partial charge in [0.05, 0.1) is 5.69 Å². The van der Waals surface area contributed by atoms with E-state index in [0.29, 0.717) is 27.3 Å². The van der Waals surface area contributed by atoms with Crippen LogP contribution in [0.1, 0.15) is 46.3 Å². The summed E-state index contributed by atoms with van der Waals surface area (Å²) < 4.78 is 0. The van der Waals surface area contributed by atoms with Crippen LogP contribution in [0.2, 0.25) is 0 Å². The molecule has 3 N–H and O–H groups in total. The summed E-state index contributed by atoms with van der Waals surface area (Å²) in [7, 11) is 0. The first-order valence-electron chi connectivity index (χ1n) is 9.35. The van der Waals surface area contributed by atoms with E-state index in [0.717, 1.165) is 22.6 Å². The highest BCUT2D eigenvalue weighted by Crippen LogP contribution is 2.25. The molecule has 0 unspecified atom stereocenters. The molecule has 0 atom stereocenters. The van der Waals surface area contributed by atoms with E-state index in [-0.39, 0.29) is 5.91 Å². The van der Waals surface area contributed by atoms with Crippen LogP contribution < -0.4 is 16.0 Å². The number of nitrogens with zero attached hydrogens (tertiary/aromatic N) is 1. The average molecular weight is 409 g/mol. The van der Waals surface area contributed by atoms with Crippen molar-refractivity contribution in [3.63, 3.8) is 0 Å². The molecule has 2 aromatic carbocycles. The van der Waals surface area contributed by atoms with E-state index in [1.165, 1.54) is 5.56 Å². The standard InChI is InChI=1S/C22H24N4O2S/c1-13(2)16-8-10-17(11-9-16)24-20(27)19-15(4)23-22(29-19)26-21(28)25-18-7-5-6-14(3)12-18/h5-13H,1-4H3,(H,24,27)(H2,23,25,26,28). The molecular formula is C22H24N4O2S. The van der Waals surface area contributed by atoms with E-state index in [4.69, 9.17) is 0 Å². The van der Waals surface area contributed by atoms with Gasteiger partial charge in [-0.1, -0.05) is 49.4 Å². The van der Waals surface area contributed by atoms with E-state index in [9.17, 15) is 9.59 Å². The average Bonchev–Trinajstić information content (AvgIpc) is 3.02. The number of carbonyl (C=O) groups is 2. The van der Waals surface area contributed by atoms with Crippen LogP contribution in [0, 0.1) is 13.8 Å². The maximum atomic E-state index is 12.6. The number of carbonyl (C=O) groups excluding carboxylic acids is 2. The van der Waals surface area contributed by atoms with Crippen molar-refractivity contribution in [2.45, 2.75) is 33.6 Å². The lowest BCUT2D eigenvalue weighted by atomic mass is 10.0. The molecule has 6 nitrogen and oxygen atoms in total. The molecular weight excluding hydrogens is 384 g/mol. The molecule has 0 fully saturated rings. The van der Waals surface area contributed by atoms with Crippen molar-refractivity contribution in [3.05, 3.63) is 70.2 Å². The number of amides is 3. The number of nitrogens with one attached hydrogen (secondary N) is 3. The molecule has 0 aliphatic heterocycles. The Balaban J connectivity index is 1.64. The zero-order chi connectivity index (χ0) is 21.0. The van der Waals surface area contributed by atoms with Crippen molar-refractivity contribution < 1.29 is 9.59 Å². The number of anilines is 3. The number of benzene rings is 2. The Labute approximate surface area is 174 Å². The van der Waals surface area contributed by atoms with E-state index >= 15 is 0 Å². The Kier molecular flexibility index (Phi) is 6.29. The van der Waals surface area contributed by atoms with Crippen molar-refractivity contribution >= 4 is 39.8 Å². The maximum Gasteiger partial charge on any atom is 0.325 e. The molecule has 1 heterocycles. The van der Waals surface area contributed by atoms with Crippen LogP contribution in [0.25, 0.3) is 0 Å². The molecule has 150 valence electrons. The number of hydrogen-bond acceptors (Lipinski definition) is 4. The monoisotopic (exact) mass is 408 g/mol. The van der Waals surface area contributed by atoms with E-state index in [2.05, 4.69) is 34.8 Å². The number of thiazole rings is 1. The highest BCUT2D eigenvalue weighted by Gasteiger charge is 2.17. The summed E-state index contributed by atoms with van der Waals surface area (Å²) in [6, 6.07) is 14.9. The Morgan fingerprint density at radius 1 is 0.931 bits per heavy atom. The first kappa shape index (κ1) is 20.5. The fourth-order valence-corrected chi connectivity index (χ4v) is 3.64. The minimum Gasteiger partial charge on any atom is -0.321 e. The van der Waals surface area contributed by atoms with Gasteiger partial charge < -0.3 is 10.6 Å². The summed E-state index contributed by atoms with van der Waals surface area (Å²) in [6.45, 7) is 7.95. The quantitative estimate of drug-likeness (QED) is 0.500. The van der Waals surface area contributed by atoms with Gasteiger partial charge in [0, 0.05) is 11.4 Å². The van der Waals surface area contributed by atoms with Crippen molar-refractivity contribution in [3.8, 4) is 0 Å². The van der Waals surface area contributed by atoms with Gasteiger partial charge in [0.1, 0.15) is 4.88 Å². The predicted molar refractivity (Wildman–Crippen MR) is 119 cm³/mol. The van der Waals surface area contributed by atoms with Crippen LogP contribution in [-0.2, 0) is 0 Å². The van der Waals surface area contributed by atoms with E-state index < -0.39 is 6.03 Å². The van der Waals surface area contributed by atoms with Crippen LogP contribution in [0.3, 0.4) is 0 Å². The number of hydrogen-bond donors (Lipinski definition) is 3. The zero-order valence-electron chi connectivity index (χ0n) is 16.9. The van der Waals surface area contributed by atoms with E-state index in [1.807, 2.05) is 55.5 Å². The molecule has 3 amide bonds. The molecule has 7 heteroatoms. The summed E-state index contributed by atoms with van der Waals surface area (Å²) in [6.07, 6.45) is 0. The summed E-state index contributed by atoms with van der Waals surface area (Å²) in [5, 5.41) is 8.70. The second-order valence-corrected chi connectivity index (χ2v) is 8.11. The first-order valence-corrected chi connectivity index (χ1v) is 10.2. The Bertz CT molecular complexity index is 1030. The largest absolute Gasteiger partial charge is 0.325 e. The van der Waals surface area contributed by atoms with Crippen LogP contribution in [0.15, 0.2) is 48.5 Å². The van der Waals surface area contributed by atoms with Crippen molar-refractivity contribution in [1.29, 1.82) is 0 Å². The number of aryl methyl sites for hydroxylation is 2. The van der Waals surface area contributed by atoms with Crippen LogP contribution in [0.4, 0.5) is 21.3 Å². The third-order valence-corrected chi connectivity index (χ3v) is 5.41. The number of rotatable bonds is 5. The SMILES string of the molecule is Cc1cccc(NC(=O)Nc2nc(C)c(C(=O)Nc3ccc(C(C)C)cc3)s2)c1.